The van der Waals surface area contributed by atoms with Gasteiger partial charge in [0, 0.05) is 18.4 Å². The Kier molecular flexibility index (Phi) is 7.06. The normalized spacial score (nSPS) is 11.4. The van der Waals surface area contributed by atoms with Crippen LogP contribution in [0.3, 0.4) is 0 Å². The van der Waals surface area contributed by atoms with Gasteiger partial charge in [-0.25, -0.2) is 9.78 Å². The number of benzene rings is 1. The van der Waals surface area contributed by atoms with E-state index in [1.165, 1.54) is 12.3 Å². The van der Waals surface area contributed by atoms with Gasteiger partial charge in [-0.05, 0) is 44.2 Å². The number of urea groups is 1. The Labute approximate surface area is 161 Å². The second-order valence-corrected chi connectivity index (χ2v) is 6.13. The van der Waals surface area contributed by atoms with Gasteiger partial charge in [0.05, 0.1) is 5.02 Å². The third-order valence-corrected chi connectivity index (χ3v) is 3.67. The van der Waals surface area contributed by atoms with Gasteiger partial charge in [0.15, 0.2) is 0 Å². The maximum atomic E-state index is 11.9. The SMILES string of the molecule is CCNC(=O)NC(=O)C(C)Nc1ccc(Oc2ncc(Cl)cc2Cl)cc1. The molecule has 0 aliphatic rings. The lowest BCUT2D eigenvalue weighted by molar-refractivity contribution is -0.120. The van der Waals surface area contributed by atoms with Crippen molar-refractivity contribution < 1.29 is 14.3 Å². The predicted octanol–water partition coefficient (Wildman–Crippen LogP) is 3.83. The van der Waals surface area contributed by atoms with Crippen LogP contribution in [-0.4, -0.2) is 29.5 Å². The summed E-state index contributed by atoms with van der Waals surface area (Å²) in [6.07, 6.45) is 1.44. The van der Waals surface area contributed by atoms with Gasteiger partial charge >= 0.3 is 6.03 Å². The van der Waals surface area contributed by atoms with Crippen LogP contribution in [0.5, 0.6) is 11.6 Å². The number of ether oxygens (including phenoxy) is 1. The molecule has 3 N–H and O–H groups in total. The minimum Gasteiger partial charge on any atom is -0.438 e. The molecule has 0 spiro atoms. The van der Waals surface area contributed by atoms with Crippen LogP contribution in [0.2, 0.25) is 10.0 Å². The monoisotopic (exact) mass is 396 g/mol. The number of hydrogen-bond acceptors (Lipinski definition) is 5. The first-order valence-corrected chi connectivity index (χ1v) is 8.58. The molecule has 1 heterocycles. The smallest absolute Gasteiger partial charge is 0.321 e. The van der Waals surface area contributed by atoms with Gasteiger partial charge in [0.2, 0.25) is 11.8 Å². The van der Waals surface area contributed by atoms with Gasteiger partial charge in [-0.1, -0.05) is 23.2 Å². The van der Waals surface area contributed by atoms with Crippen molar-refractivity contribution in [3.05, 3.63) is 46.6 Å². The quantitative estimate of drug-likeness (QED) is 0.689. The van der Waals surface area contributed by atoms with E-state index in [1.807, 2.05) is 0 Å². The summed E-state index contributed by atoms with van der Waals surface area (Å²) in [7, 11) is 0. The van der Waals surface area contributed by atoms with Gasteiger partial charge in [-0.2, -0.15) is 0 Å². The maximum Gasteiger partial charge on any atom is 0.321 e. The van der Waals surface area contributed by atoms with Gasteiger partial charge in [-0.15, -0.1) is 0 Å². The molecule has 7 nitrogen and oxygen atoms in total. The average Bonchev–Trinajstić information content (AvgIpc) is 2.59. The van der Waals surface area contributed by atoms with E-state index in [9.17, 15) is 9.59 Å². The first-order chi connectivity index (χ1) is 12.4. The van der Waals surface area contributed by atoms with Crippen LogP contribution in [0, 0.1) is 0 Å². The molecular weight excluding hydrogens is 379 g/mol. The summed E-state index contributed by atoms with van der Waals surface area (Å²) in [4.78, 5) is 27.3. The van der Waals surface area contributed by atoms with Crippen molar-refractivity contribution in [2.45, 2.75) is 19.9 Å². The van der Waals surface area contributed by atoms with Crippen molar-refractivity contribution in [3.63, 3.8) is 0 Å². The number of hydrogen-bond donors (Lipinski definition) is 3. The Balaban J connectivity index is 1.94. The standard InChI is InChI=1S/C17H18Cl2N4O3/c1-3-20-17(25)23-15(24)10(2)22-12-4-6-13(7-5-12)26-16-14(19)8-11(18)9-21-16/h4-10,22H,3H2,1-2H3,(H2,20,23,24,25). The lowest BCUT2D eigenvalue weighted by Gasteiger charge is -2.15. The van der Waals surface area contributed by atoms with E-state index in [1.54, 1.807) is 38.1 Å². The molecule has 1 aromatic carbocycles. The number of nitrogens with one attached hydrogen (secondary N) is 3. The lowest BCUT2D eigenvalue weighted by atomic mass is 10.2. The summed E-state index contributed by atoms with van der Waals surface area (Å²) in [5.41, 5.74) is 0.686. The van der Waals surface area contributed by atoms with Crippen LogP contribution in [-0.2, 0) is 4.79 Å². The molecule has 1 aromatic heterocycles. The summed E-state index contributed by atoms with van der Waals surface area (Å²) >= 11 is 11.8. The summed E-state index contributed by atoms with van der Waals surface area (Å²) < 4.78 is 5.59. The van der Waals surface area contributed by atoms with E-state index in [0.29, 0.717) is 28.0 Å². The van der Waals surface area contributed by atoms with Crippen molar-refractivity contribution >= 4 is 40.8 Å². The Morgan fingerprint density at radius 1 is 1.23 bits per heavy atom. The van der Waals surface area contributed by atoms with Crippen LogP contribution in [0.1, 0.15) is 13.8 Å². The number of imide groups is 1. The van der Waals surface area contributed by atoms with Gasteiger partial charge in [-0.3, -0.25) is 10.1 Å². The zero-order valence-corrected chi connectivity index (χ0v) is 15.7. The number of nitrogens with zero attached hydrogens (tertiary/aromatic N) is 1. The molecule has 26 heavy (non-hydrogen) atoms. The number of carbonyl (C=O) groups excluding carboxylic acids is 2. The van der Waals surface area contributed by atoms with Gasteiger partial charge in [0.25, 0.3) is 0 Å². The minimum atomic E-state index is -0.600. The van der Waals surface area contributed by atoms with E-state index in [2.05, 4.69) is 20.9 Å². The summed E-state index contributed by atoms with van der Waals surface area (Å²) in [5.74, 6) is 0.326. The number of halogens is 2. The van der Waals surface area contributed by atoms with E-state index in [4.69, 9.17) is 27.9 Å². The van der Waals surface area contributed by atoms with Crippen molar-refractivity contribution in [1.82, 2.24) is 15.6 Å². The molecule has 0 bridgehead atoms. The molecule has 0 saturated carbocycles. The molecule has 0 radical (unpaired) electrons. The molecule has 9 heteroatoms. The molecule has 0 aliphatic carbocycles. The minimum absolute atomic E-state index is 0.242. The Hall–Kier alpha value is -2.51. The van der Waals surface area contributed by atoms with Crippen LogP contribution in [0.15, 0.2) is 36.5 Å². The number of pyridine rings is 1. The van der Waals surface area contributed by atoms with Crippen LogP contribution < -0.4 is 20.7 Å². The van der Waals surface area contributed by atoms with Gasteiger partial charge < -0.3 is 15.4 Å². The van der Waals surface area contributed by atoms with Crippen molar-refractivity contribution in [3.8, 4) is 11.6 Å². The molecule has 1 atom stereocenters. The van der Waals surface area contributed by atoms with Crippen molar-refractivity contribution in [2.24, 2.45) is 0 Å². The van der Waals surface area contributed by atoms with Crippen molar-refractivity contribution in [1.29, 1.82) is 0 Å². The molecule has 1 unspecified atom stereocenters. The van der Waals surface area contributed by atoms with E-state index >= 15 is 0 Å². The third-order valence-electron chi connectivity index (χ3n) is 3.19. The highest BCUT2D eigenvalue weighted by Crippen LogP contribution is 2.29. The molecule has 0 fully saturated rings. The number of aromatic nitrogens is 1. The van der Waals surface area contributed by atoms with Gasteiger partial charge in [0.1, 0.15) is 16.8 Å². The highest BCUT2D eigenvalue weighted by atomic mass is 35.5. The second-order valence-electron chi connectivity index (χ2n) is 5.28. The molecular formula is C17H18Cl2N4O3. The predicted molar refractivity (Wildman–Crippen MR) is 101 cm³/mol. The molecule has 3 amide bonds. The van der Waals surface area contributed by atoms with E-state index in [0.717, 1.165) is 0 Å². The molecule has 2 rings (SSSR count). The molecule has 138 valence electrons. The highest BCUT2D eigenvalue weighted by Gasteiger charge is 2.15. The Bertz CT molecular complexity index is 784. The number of anilines is 1. The fourth-order valence-corrected chi connectivity index (χ4v) is 2.37. The first kappa shape index (κ1) is 19.8. The third kappa shape index (κ3) is 5.79. The molecule has 0 saturated heterocycles. The maximum absolute atomic E-state index is 11.9. The number of carbonyl (C=O) groups is 2. The summed E-state index contributed by atoms with van der Waals surface area (Å²) in [6, 6.07) is 7.27. The second kappa shape index (κ2) is 9.26. The number of rotatable bonds is 6. The Morgan fingerprint density at radius 3 is 2.54 bits per heavy atom. The zero-order valence-electron chi connectivity index (χ0n) is 14.2. The fourth-order valence-electron chi connectivity index (χ4n) is 1.95. The van der Waals surface area contributed by atoms with Crippen LogP contribution >= 0.6 is 23.2 Å². The zero-order chi connectivity index (χ0) is 19.1. The highest BCUT2D eigenvalue weighted by molar-refractivity contribution is 6.35. The molecule has 2 aromatic rings. The van der Waals surface area contributed by atoms with Crippen LogP contribution in [0.25, 0.3) is 0 Å². The lowest BCUT2D eigenvalue weighted by Crippen LogP contribution is -2.45. The summed E-state index contributed by atoms with van der Waals surface area (Å²) in [5, 5.41) is 8.45. The van der Waals surface area contributed by atoms with Crippen LogP contribution in [0.4, 0.5) is 10.5 Å². The fraction of sp³-hybridized carbons (Fsp3) is 0.235. The molecule has 0 aliphatic heterocycles. The average molecular weight is 397 g/mol. The van der Waals surface area contributed by atoms with E-state index < -0.39 is 18.0 Å². The summed E-state index contributed by atoms with van der Waals surface area (Å²) in [6.45, 7) is 3.85. The first-order valence-electron chi connectivity index (χ1n) is 7.83. The Morgan fingerprint density at radius 2 is 1.92 bits per heavy atom. The van der Waals surface area contributed by atoms with Crippen molar-refractivity contribution in [2.75, 3.05) is 11.9 Å². The topological polar surface area (TPSA) is 92.4 Å². The van der Waals surface area contributed by atoms with E-state index in [-0.39, 0.29) is 5.88 Å². The number of amides is 3. The largest absolute Gasteiger partial charge is 0.438 e.